The number of aromatic nitrogens is 3. The van der Waals surface area contributed by atoms with Crippen LogP contribution in [-0.4, -0.2) is 23.5 Å². The topological polar surface area (TPSA) is 50.8 Å². The summed E-state index contributed by atoms with van der Waals surface area (Å²) in [5.74, 6) is 0.866. The van der Waals surface area contributed by atoms with Crippen molar-refractivity contribution in [3.8, 4) is 6.01 Å². The second-order valence-corrected chi connectivity index (χ2v) is 9.86. The van der Waals surface area contributed by atoms with Gasteiger partial charge in [0.05, 0.1) is 0 Å². The minimum atomic E-state index is -1.59. The third-order valence-corrected chi connectivity index (χ3v) is 2.37. The maximum Gasteiger partial charge on any atom is 0.321 e. The van der Waals surface area contributed by atoms with Crippen molar-refractivity contribution in [1.29, 1.82) is 0 Å². The minimum absolute atomic E-state index is 0.00590. The van der Waals surface area contributed by atoms with E-state index in [1.165, 1.54) is 0 Å². The molecule has 1 heterocycles. The van der Waals surface area contributed by atoms with Gasteiger partial charge in [0.2, 0.25) is 8.32 Å². The van der Waals surface area contributed by atoms with Crippen molar-refractivity contribution in [2.45, 2.75) is 45.8 Å². The summed E-state index contributed by atoms with van der Waals surface area (Å²) < 4.78 is 5.66. The lowest BCUT2D eigenvalue weighted by molar-refractivity contribution is 0.505. The van der Waals surface area contributed by atoms with E-state index in [-0.39, 0.29) is 5.41 Å². The molecule has 0 amide bonds. The van der Waals surface area contributed by atoms with Crippen LogP contribution in [0.1, 0.15) is 26.6 Å². The van der Waals surface area contributed by atoms with Gasteiger partial charge < -0.3 is 4.43 Å². The summed E-state index contributed by atoms with van der Waals surface area (Å²) in [6.45, 7) is 12.6. The number of nitrogens with zero attached hydrogens (tertiary/aromatic N) is 2. The van der Waals surface area contributed by atoms with Gasteiger partial charge in [-0.25, -0.2) is 0 Å². The SMILES string of the molecule is CC(C)(C)c1nc(O[Si](C)(C)C)n[nH]1. The van der Waals surface area contributed by atoms with E-state index in [2.05, 4.69) is 55.6 Å². The zero-order chi connectivity index (χ0) is 11.0. The van der Waals surface area contributed by atoms with Gasteiger partial charge in [-0.3, -0.25) is 5.10 Å². The molecular formula is C9H19N3OSi. The molecule has 0 atom stereocenters. The zero-order valence-electron chi connectivity index (χ0n) is 9.80. The Bertz CT molecular complexity index is 309. The average Bonchev–Trinajstić information content (AvgIpc) is 2.29. The molecule has 0 radical (unpaired) electrons. The van der Waals surface area contributed by atoms with Crippen molar-refractivity contribution in [3.05, 3.63) is 5.82 Å². The predicted molar refractivity (Wildman–Crippen MR) is 59.1 cm³/mol. The molecule has 0 fully saturated rings. The second-order valence-electron chi connectivity index (χ2n) is 5.43. The fraction of sp³-hybridized carbons (Fsp3) is 0.778. The van der Waals surface area contributed by atoms with E-state index in [4.69, 9.17) is 4.43 Å². The van der Waals surface area contributed by atoms with Crippen LogP contribution in [0.2, 0.25) is 19.6 Å². The minimum Gasteiger partial charge on any atom is -0.517 e. The van der Waals surface area contributed by atoms with E-state index in [0.29, 0.717) is 6.01 Å². The van der Waals surface area contributed by atoms with Crippen LogP contribution in [0.4, 0.5) is 0 Å². The molecule has 14 heavy (non-hydrogen) atoms. The van der Waals surface area contributed by atoms with Crippen molar-refractivity contribution in [2.24, 2.45) is 0 Å². The molecule has 0 aromatic carbocycles. The lowest BCUT2D eigenvalue weighted by Crippen LogP contribution is -2.29. The lowest BCUT2D eigenvalue weighted by Gasteiger charge is -2.15. The maximum absolute atomic E-state index is 5.66. The van der Waals surface area contributed by atoms with Crippen LogP contribution in [0.15, 0.2) is 0 Å². The highest BCUT2D eigenvalue weighted by Gasteiger charge is 2.22. The van der Waals surface area contributed by atoms with E-state index in [1.54, 1.807) is 0 Å². The lowest BCUT2D eigenvalue weighted by atomic mass is 9.96. The van der Waals surface area contributed by atoms with Gasteiger partial charge in [0.1, 0.15) is 5.82 Å². The monoisotopic (exact) mass is 213 g/mol. The first-order chi connectivity index (χ1) is 6.18. The Hall–Kier alpha value is -0.843. The average molecular weight is 213 g/mol. The number of aromatic amines is 1. The van der Waals surface area contributed by atoms with Gasteiger partial charge in [0.25, 0.3) is 0 Å². The number of H-pyrrole nitrogens is 1. The molecule has 1 N–H and O–H groups in total. The van der Waals surface area contributed by atoms with Gasteiger partial charge >= 0.3 is 6.01 Å². The molecule has 0 saturated heterocycles. The van der Waals surface area contributed by atoms with Crippen molar-refractivity contribution in [1.82, 2.24) is 15.2 Å². The third kappa shape index (κ3) is 3.14. The first-order valence-corrected chi connectivity index (χ1v) is 8.21. The smallest absolute Gasteiger partial charge is 0.321 e. The van der Waals surface area contributed by atoms with Crippen molar-refractivity contribution >= 4 is 8.32 Å². The Labute approximate surface area is 86.2 Å². The van der Waals surface area contributed by atoms with E-state index >= 15 is 0 Å². The van der Waals surface area contributed by atoms with E-state index < -0.39 is 8.32 Å². The van der Waals surface area contributed by atoms with Gasteiger partial charge in [0, 0.05) is 5.41 Å². The molecule has 1 aromatic heterocycles. The molecule has 1 aromatic rings. The van der Waals surface area contributed by atoms with Crippen LogP contribution in [0.5, 0.6) is 6.01 Å². The summed E-state index contributed by atoms with van der Waals surface area (Å²) in [5, 5.41) is 6.95. The number of hydrogen-bond acceptors (Lipinski definition) is 3. The first-order valence-electron chi connectivity index (χ1n) is 4.80. The molecule has 0 spiro atoms. The Morgan fingerprint density at radius 3 is 2.14 bits per heavy atom. The molecule has 5 heteroatoms. The quantitative estimate of drug-likeness (QED) is 0.767. The first kappa shape index (κ1) is 11.2. The van der Waals surface area contributed by atoms with Crippen LogP contribution in [-0.2, 0) is 5.41 Å². The zero-order valence-corrected chi connectivity index (χ0v) is 10.8. The van der Waals surface area contributed by atoms with E-state index in [0.717, 1.165) is 5.82 Å². The largest absolute Gasteiger partial charge is 0.517 e. The summed E-state index contributed by atoms with van der Waals surface area (Å²) in [5.41, 5.74) is -0.00590. The Morgan fingerprint density at radius 2 is 1.79 bits per heavy atom. The molecule has 1 rings (SSSR count). The van der Waals surface area contributed by atoms with Crippen LogP contribution in [0.3, 0.4) is 0 Å². The van der Waals surface area contributed by atoms with E-state index in [1.807, 2.05) is 0 Å². The summed E-state index contributed by atoms with van der Waals surface area (Å²) in [6.07, 6.45) is 0. The molecule has 4 nitrogen and oxygen atoms in total. The Balaban J connectivity index is 2.79. The predicted octanol–water partition coefficient (Wildman–Crippen LogP) is 2.32. The summed E-state index contributed by atoms with van der Waals surface area (Å²) >= 11 is 0. The Morgan fingerprint density at radius 1 is 1.21 bits per heavy atom. The molecule has 0 bridgehead atoms. The van der Waals surface area contributed by atoms with Crippen LogP contribution in [0, 0.1) is 0 Å². The summed E-state index contributed by atoms with van der Waals surface area (Å²) in [7, 11) is -1.59. The van der Waals surface area contributed by atoms with Gasteiger partial charge in [0.15, 0.2) is 0 Å². The number of nitrogens with one attached hydrogen (secondary N) is 1. The van der Waals surface area contributed by atoms with Crippen molar-refractivity contribution < 1.29 is 4.43 Å². The third-order valence-electron chi connectivity index (χ3n) is 1.57. The highest BCUT2D eigenvalue weighted by atomic mass is 28.4. The van der Waals surface area contributed by atoms with Gasteiger partial charge in [-0.2, -0.15) is 4.98 Å². The molecule has 0 aliphatic heterocycles. The highest BCUT2D eigenvalue weighted by molar-refractivity contribution is 6.70. The molecule has 0 unspecified atom stereocenters. The maximum atomic E-state index is 5.66. The summed E-state index contributed by atoms with van der Waals surface area (Å²) in [6, 6.07) is 0.481. The molecule has 0 aliphatic rings. The fourth-order valence-electron chi connectivity index (χ4n) is 0.901. The fourth-order valence-corrected chi connectivity index (χ4v) is 1.54. The van der Waals surface area contributed by atoms with Crippen LogP contribution < -0.4 is 4.43 Å². The van der Waals surface area contributed by atoms with Gasteiger partial charge in [-0.05, 0) is 19.6 Å². The van der Waals surface area contributed by atoms with Gasteiger partial charge in [-0.15, -0.1) is 5.10 Å². The normalized spacial score (nSPS) is 13.0. The second kappa shape index (κ2) is 3.38. The molecule has 80 valence electrons. The van der Waals surface area contributed by atoms with Crippen LogP contribution in [0.25, 0.3) is 0 Å². The molecule has 0 saturated carbocycles. The summed E-state index contributed by atoms with van der Waals surface area (Å²) in [4.78, 5) is 4.31. The molecular weight excluding hydrogens is 194 g/mol. The Kier molecular flexibility index (Phi) is 2.71. The van der Waals surface area contributed by atoms with Gasteiger partial charge in [-0.1, -0.05) is 20.8 Å². The van der Waals surface area contributed by atoms with Crippen molar-refractivity contribution in [2.75, 3.05) is 0 Å². The van der Waals surface area contributed by atoms with Crippen LogP contribution >= 0.6 is 0 Å². The molecule has 0 aliphatic carbocycles. The number of hydrogen-bond donors (Lipinski definition) is 1. The van der Waals surface area contributed by atoms with E-state index in [9.17, 15) is 0 Å². The highest BCUT2D eigenvalue weighted by Crippen LogP contribution is 2.20. The van der Waals surface area contributed by atoms with Crippen molar-refractivity contribution in [3.63, 3.8) is 0 Å². The number of rotatable bonds is 2. The standard InChI is InChI=1S/C9H19N3OSi/c1-9(2,3)7-10-8(12-11-7)13-14(4,5)6/h1-6H3,(H,10,11,12).